The molecule has 2 aromatic carbocycles. The molecule has 1 N–H and O–H groups in total. The van der Waals surface area contributed by atoms with Crippen LogP contribution in [0.2, 0.25) is 15.1 Å². The number of rotatable bonds is 4. The lowest BCUT2D eigenvalue weighted by atomic mass is 10.2. The van der Waals surface area contributed by atoms with Crippen molar-refractivity contribution in [2.24, 2.45) is 0 Å². The summed E-state index contributed by atoms with van der Waals surface area (Å²) in [5.74, 6) is -1.18. The lowest BCUT2D eigenvalue weighted by Gasteiger charge is -2.15. The van der Waals surface area contributed by atoms with E-state index >= 15 is 0 Å². The van der Waals surface area contributed by atoms with E-state index in [0.717, 1.165) is 10.2 Å². The summed E-state index contributed by atoms with van der Waals surface area (Å²) in [5, 5.41) is 3.26. The van der Waals surface area contributed by atoms with Crippen LogP contribution in [-0.2, 0) is 9.53 Å². The molecule has 0 aliphatic carbocycles. The Morgan fingerprint density at radius 1 is 1.15 bits per heavy atom. The molecule has 9 heteroatoms. The van der Waals surface area contributed by atoms with Crippen molar-refractivity contribution in [2.45, 2.75) is 13.0 Å². The molecule has 0 saturated heterocycles. The lowest BCUT2D eigenvalue weighted by molar-refractivity contribution is -0.123. The van der Waals surface area contributed by atoms with Gasteiger partial charge in [-0.15, -0.1) is 11.3 Å². The molecule has 0 saturated carbocycles. The van der Waals surface area contributed by atoms with Crippen molar-refractivity contribution in [3.63, 3.8) is 0 Å². The number of anilines is 1. The van der Waals surface area contributed by atoms with Gasteiger partial charge in [0.1, 0.15) is 0 Å². The minimum Gasteiger partial charge on any atom is -0.449 e. The summed E-state index contributed by atoms with van der Waals surface area (Å²) in [6, 6.07) is 7.90. The molecule has 1 aromatic heterocycles. The molecule has 3 aromatic rings. The fourth-order valence-electron chi connectivity index (χ4n) is 2.15. The fourth-order valence-corrected chi connectivity index (χ4v) is 3.78. The van der Waals surface area contributed by atoms with Crippen molar-refractivity contribution < 1.29 is 14.3 Å². The topological polar surface area (TPSA) is 68.3 Å². The van der Waals surface area contributed by atoms with E-state index in [4.69, 9.17) is 39.5 Å². The van der Waals surface area contributed by atoms with E-state index in [2.05, 4.69) is 10.3 Å². The zero-order valence-corrected chi connectivity index (χ0v) is 16.3. The zero-order chi connectivity index (χ0) is 18.8. The highest BCUT2D eigenvalue weighted by Gasteiger charge is 2.21. The average Bonchev–Trinajstić information content (AvgIpc) is 3.05. The second-order valence-corrected chi connectivity index (χ2v) is 7.45. The highest BCUT2D eigenvalue weighted by molar-refractivity contribution is 7.16. The van der Waals surface area contributed by atoms with Crippen molar-refractivity contribution in [3.05, 3.63) is 56.5 Å². The van der Waals surface area contributed by atoms with Gasteiger partial charge in [-0.1, -0.05) is 34.8 Å². The highest BCUT2D eigenvalue weighted by Crippen LogP contribution is 2.33. The van der Waals surface area contributed by atoms with Gasteiger partial charge in [-0.25, -0.2) is 9.78 Å². The van der Waals surface area contributed by atoms with Crippen LogP contribution in [0.3, 0.4) is 0 Å². The van der Waals surface area contributed by atoms with Crippen molar-refractivity contribution >= 4 is 73.9 Å². The number of carbonyl (C=O) groups excluding carboxylic acids is 2. The van der Waals surface area contributed by atoms with E-state index in [1.54, 1.807) is 23.7 Å². The number of benzene rings is 2. The second kappa shape index (κ2) is 7.80. The van der Waals surface area contributed by atoms with Crippen molar-refractivity contribution in [1.29, 1.82) is 0 Å². The number of thiazole rings is 1. The molecule has 26 heavy (non-hydrogen) atoms. The van der Waals surface area contributed by atoms with Gasteiger partial charge in [0.05, 0.1) is 37.0 Å². The zero-order valence-electron chi connectivity index (χ0n) is 13.3. The molecule has 1 unspecified atom stereocenters. The SMILES string of the molecule is CC(OC(=O)c1ccc2ncsc2c1)C(=O)Nc1c(Cl)cc(Cl)cc1Cl. The minimum absolute atomic E-state index is 0.185. The number of halogens is 3. The summed E-state index contributed by atoms with van der Waals surface area (Å²) >= 11 is 19.3. The number of nitrogens with one attached hydrogen (secondary N) is 1. The number of hydrogen-bond acceptors (Lipinski definition) is 5. The Labute approximate surface area is 167 Å². The number of nitrogens with zero attached hydrogens (tertiary/aromatic N) is 1. The van der Waals surface area contributed by atoms with Gasteiger partial charge < -0.3 is 10.1 Å². The standard InChI is InChI=1S/C17H11Cl3N2O3S/c1-8(16(23)22-15-11(19)5-10(18)6-12(15)20)25-17(24)9-2-3-13-14(4-9)26-7-21-13/h2-8H,1H3,(H,22,23). The van der Waals surface area contributed by atoms with Crippen molar-refractivity contribution in [1.82, 2.24) is 4.98 Å². The Kier molecular flexibility index (Phi) is 5.67. The molecule has 0 aliphatic heterocycles. The predicted molar refractivity (Wildman–Crippen MR) is 105 cm³/mol. The molecule has 1 heterocycles. The van der Waals surface area contributed by atoms with Crippen molar-refractivity contribution in [3.8, 4) is 0 Å². The molecule has 0 spiro atoms. The first-order valence-electron chi connectivity index (χ1n) is 7.35. The van der Waals surface area contributed by atoms with E-state index in [9.17, 15) is 9.59 Å². The number of aromatic nitrogens is 1. The average molecular weight is 430 g/mol. The molecule has 5 nitrogen and oxygen atoms in total. The Hall–Kier alpha value is -1.86. The Morgan fingerprint density at radius 3 is 2.54 bits per heavy atom. The maximum atomic E-state index is 12.3. The summed E-state index contributed by atoms with van der Waals surface area (Å²) in [4.78, 5) is 28.7. The number of fused-ring (bicyclic) bond motifs is 1. The highest BCUT2D eigenvalue weighted by atomic mass is 35.5. The Bertz CT molecular complexity index is 983. The summed E-state index contributed by atoms with van der Waals surface area (Å²) in [5.41, 5.74) is 3.03. The van der Waals surface area contributed by atoms with Crippen LogP contribution in [0.1, 0.15) is 17.3 Å². The summed E-state index contributed by atoms with van der Waals surface area (Å²) in [7, 11) is 0. The van der Waals surface area contributed by atoms with Crippen LogP contribution in [0.25, 0.3) is 10.2 Å². The van der Waals surface area contributed by atoms with Crippen LogP contribution in [0, 0.1) is 0 Å². The quantitative estimate of drug-likeness (QED) is 0.561. The fraction of sp³-hybridized carbons (Fsp3) is 0.118. The molecule has 1 amide bonds. The predicted octanol–water partition coefficient (Wildman–Crippen LogP) is 5.44. The van der Waals surface area contributed by atoms with Gasteiger partial charge in [-0.05, 0) is 37.3 Å². The molecule has 1 atom stereocenters. The van der Waals surface area contributed by atoms with Crippen LogP contribution in [0.5, 0.6) is 0 Å². The maximum Gasteiger partial charge on any atom is 0.338 e. The normalized spacial score (nSPS) is 12.0. The van der Waals surface area contributed by atoms with Crippen molar-refractivity contribution in [2.75, 3.05) is 5.32 Å². The number of ether oxygens (including phenoxy) is 1. The second-order valence-electron chi connectivity index (χ2n) is 5.32. The third-order valence-corrected chi connectivity index (χ3v) is 5.08. The Balaban J connectivity index is 1.70. The van der Waals surface area contributed by atoms with Gasteiger partial charge in [0.25, 0.3) is 5.91 Å². The van der Waals surface area contributed by atoms with E-state index in [0.29, 0.717) is 10.6 Å². The third-order valence-electron chi connectivity index (χ3n) is 3.48. The number of hydrogen-bond donors (Lipinski definition) is 1. The third kappa shape index (κ3) is 4.10. The van der Waals surface area contributed by atoms with Gasteiger partial charge >= 0.3 is 5.97 Å². The van der Waals surface area contributed by atoms with Crippen LogP contribution < -0.4 is 5.32 Å². The number of amides is 1. The van der Waals surface area contributed by atoms with E-state index < -0.39 is 18.0 Å². The minimum atomic E-state index is -1.05. The van der Waals surface area contributed by atoms with Crippen LogP contribution in [0.4, 0.5) is 5.69 Å². The van der Waals surface area contributed by atoms with Gasteiger partial charge in [0.2, 0.25) is 0 Å². The molecule has 0 bridgehead atoms. The molecular weight excluding hydrogens is 419 g/mol. The van der Waals surface area contributed by atoms with Gasteiger partial charge in [-0.2, -0.15) is 0 Å². The molecule has 0 fully saturated rings. The Morgan fingerprint density at radius 2 is 1.85 bits per heavy atom. The molecule has 0 radical (unpaired) electrons. The first-order valence-corrected chi connectivity index (χ1v) is 9.36. The summed E-state index contributed by atoms with van der Waals surface area (Å²) in [6.07, 6.45) is -1.05. The van der Waals surface area contributed by atoms with Gasteiger partial charge in [0.15, 0.2) is 6.10 Å². The number of carbonyl (C=O) groups is 2. The first kappa shape index (κ1) is 18.9. The number of esters is 1. The maximum absolute atomic E-state index is 12.3. The van der Waals surface area contributed by atoms with Crippen LogP contribution in [0.15, 0.2) is 35.8 Å². The first-order chi connectivity index (χ1) is 12.3. The summed E-state index contributed by atoms with van der Waals surface area (Å²) < 4.78 is 6.08. The monoisotopic (exact) mass is 428 g/mol. The largest absolute Gasteiger partial charge is 0.449 e. The molecule has 3 rings (SSSR count). The van der Waals surface area contributed by atoms with Crippen LogP contribution in [-0.4, -0.2) is 23.0 Å². The molecule has 134 valence electrons. The van der Waals surface area contributed by atoms with E-state index in [1.807, 2.05) is 0 Å². The smallest absolute Gasteiger partial charge is 0.338 e. The van der Waals surface area contributed by atoms with E-state index in [-0.39, 0.29) is 15.7 Å². The van der Waals surface area contributed by atoms with Gasteiger partial charge in [-0.3, -0.25) is 4.79 Å². The lowest BCUT2D eigenvalue weighted by Crippen LogP contribution is -2.30. The van der Waals surface area contributed by atoms with Gasteiger partial charge in [0, 0.05) is 5.02 Å². The summed E-state index contributed by atoms with van der Waals surface area (Å²) in [6.45, 7) is 1.45. The molecular formula is C17H11Cl3N2O3S. The van der Waals surface area contributed by atoms with E-state index in [1.165, 1.54) is 30.4 Å². The molecule has 0 aliphatic rings. The van der Waals surface area contributed by atoms with Crippen LogP contribution >= 0.6 is 46.1 Å².